The van der Waals surface area contributed by atoms with Gasteiger partial charge in [0.05, 0.1) is 0 Å². The smallest absolute Gasteiger partial charge is 0.504 e. The first kappa shape index (κ1) is 20.4. The van der Waals surface area contributed by atoms with Crippen molar-refractivity contribution in [2.75, 3.05) is 6.61 Å². The number of aliphatic carboxylic acids is 1. The van der Waals surface area contributed by atoms with Crippen LogP contribution in [0, 0.1) is 0 Å². The summed E-state index contributed by atoms with van der Waals surface area (Å²) in [7, 11) is -4.77. The molecule has 0 radical (unpaired) electrons. The number of hydrogen-bond donors (Lipinski definition) is 6. The molecule has 22 heavy (non-hydrogen) atoms. The molecule has 1 aromatic rings. The molecule has 0 bridgehead atoms. The topological polar surface area (TPSA) is 171 Å². The number of carboxylic acids is 1. The van der Waals surface area contributed by atoms with E-state index in [0.29, 0.717) is 5.56 Å². The Morgan fingerprint density at radius 2 is 1.91 bits per heavy atom. The van der Waals surface area contributed by atoms with E-state index in [-0.39, 0.29) is 13.0 Å². The summed E-state index contributed by atoms with van der Waals surface area (Å²) in [6.45, 7) is 3.24. The van der Waals surface area contributed by atoms with Gasteiger partial charge in [-0.1, -0.05) is 6.07 Å². The first-order valence-electron chi connectivity index (χ1n) is 6.13. The first-order valence-corrected chi connectivity index (χ1v) is 7.66. The summed E-state index contributed by atoms with van der Waals surface area (Å²) in [4.78, 5) is 28.1. The maximum atomic E-state index is 10.8. The number of aromatic hydroxyl groups is 1. The van der Waals surface area contributed by atoms with Crippen molar-refractivity contribution in [1.29, 1.82) is 0 Å². The Bertz CT molecular complexity index is 554. The Morgan fingerprint density at radius 3 is 2.27 bits per heavy atom. The molecule has 0 aliphatic rings. The number of rotatable bonds is 5. The number of carboxylic acid groups (broad SMARTS) is 1. The largest absolute Gasteiger partial charge is 0.524 e. The van der Waals surface area contributed by atoms with Gasteiger partial charge in [0, 0.05) is 13.0 Å². The molecular formula is C12H20NO8P. The van der Waals surface area contributed by atoms with Crippen molar-refractivity contribution < 1.29 is 39.0 Å². The standard InChI is InChI=1S/C10H14NO7P.C2H6O/c1-10(11,9(13)14)5-6-2-3-8(7(12)4-6)18-19(15,16)17;1-2-3/h2-4,12H,5,11H2,1H3,(H,13,14)(H2,15,16,17);3H,2H2,1H3/t10-;/m0./s1. The Kier molecular flexibility index (Phi) is 7.51. The molecule has 0 aliphatic heterocycles. The van der Waals surface area contributed by atoms with Crippen LogP contribution >= 0.6 is 7.82 Å². The average Bonchev–Trinajstić information content (AvgIpc) is 2.31. The second kappa shape index (κ2) is 8.11. The van der Waals surface area contributed by atoms with E-state index < -0.39 is 30.8 Å². The lowest BCUT2D eigenvalue weighted by Crippen LogP contribution is -2.46. The zero-order chi connectivity index (χ0) is 17.6. The van der Waals surface area contributed by atoms with E-state index in [9.17, 15) is 14.5 Å². The number of nitrogens with two attached hydrogens (primary N) is 1. The van der Waals surface area contributed by atoms with Crippen LogP contribution in [-0.4, -0.2) is 43.2 Å². The monoisotopic (exact) mass is 337 g/mol. The third-order valence-corrected chi connectivity index (χ3v) is 2.74. The highest BCUT2D eigenvalue weighted by atomic mass is 31.2. The number of benzene rings is 1. The molecule has 0 saturated heterocycles. The minimum absolute atomic E-state index is 0.0634. The molecule has 0 unspecified atom stereocenters. The SMILES string of the molecule is CCO.C[C@](N)(Cc1ccc(OP(=O)(O)O)c(O)c1)C(=O)O. The Labute approximate surface area is 127 Å². The summed E-state index contributed by atoms with van der Waals surface area (Å²) in [6.07, 6.45) is -0.0634. The number of aliphatic hydroxyl groups excluding tert-OH is 1. The molecule has 0 saturated carbocycles. The molecule has 1 rings (SSSR count). The normalized spacial score (nSPS) is 13.5. The van der Waals surface area contributed by atoms with Crippen LogP contribution in [0.1, 0.15) is 19.4 Å². The number of phenols is 1. The van der Waals surface area contributed by atoms with Crippen molar-refractivity contribution in [3.05, 3.63) is 23.8 Å². The molecule has 0 fully saturated rings. The highest BCUT2D eigenvalue weighted by Gasteiger charge is 2.28. The summed E-state index contributed by atoms with van der Waals surface area (Å²) in [5.41, 5.74) is 4.42. The fraction of sp³-hybridized carbons (Fsp3) is 0.417. The van der Waals surface area contributed by atoms with Gasteiger partial charge < -0.3 is 25.6 Å². The van der Waals surface area contributed by atoms with Crippen LogP contribution in [0.4, 0.5) is 0 Å². The van der Waals surface area contributed by atoms with Crippen LogP contribution in [0.2, 0.25) is 0 Å². The minimum atomic E-state index is -4.77. The molecule has 1 atom stereocenters. The second-order valence-corrected chi connectivity index (χ2v) is 5.76. The molecule has 9 nitrogen and oxygen atoms in total. The Hall–Kier alpha value is -1.64. The Morgan fingerprint density at radius 1 is 1.41 bits per heavy atom. The number of phosphoric acid groups is 1. The quantitative estimate of drug-likeness (QED) is 0.411. The van der Waals surface area contributed by atoms with Gasteiger partial charge in [0.1, 0.15) is 5.54 Å². The van der Waals surface area contributed by atoms with Crippen LogP contribution in [-0.2, 0) is 15.8 Å². The fourth-order valence-electron chi connectivity index (χ4n) is 1.38. The third kappa shape index (κ3) is 7.39. The van der Waals surface area contributed by atoms with E-state index >= 15 is 0 Å². The maximum Gasteiger partial charge on any atom is 0.524 e. The van der Waals surface area contributed by atoms with Crippen LogP contribution < -0.4 is 10.3 Å². The highest BCUT2D eigenvalue weighted by molar-refractivity contribution is 7.46. The maximum absolute atomic E-state index is 10.8. The summed E-state index contributed by atoms with van der Waals surface area (Å²) >= 11 is 0. The molecule has 7 N–H and O–H groups in total. The predicted octanol–water partition coefficient (Wildman–Crippen LogP) is 0.207. The van der Waals surface area contributed by atoms with E-state index in [4.69, 9.17) is 25.7 Å². The van der Waals surface area contributed by atoms with Gasteiger partial charge in [-0.3, -0.25) is 14.6 Å². The van der Waals surface area contributed by atoms with E-state index in [1.165, 1.54) is 13.0 Å². The van der Waals surface area contributed by atoms with Gasteiger partial charge in [0.2, 0.25) is 0 Å². The molecule has 0 aromatic heterocycles. The minimum Gasteiger partial charge on any atom is -0.504 e. The molecule has 10 heteroatoms. The Balaban J connectivity index is 0.00000135. The number of phosphoric ester groups is 1. The zero-order valence-corrected chi connectivity index (χ0v) is 13.0. The van der Waals surface area contributed by atoms with Gasteiger partial charge in [-0.15, -0.1) is 0 Å². The van der Waals surface area contributed by atoms with Gasteiger partial charge in [0.25, 0.3) is 0 Å². The van der Waals surface area contributed by atoms with Crippen LogP contribution in [0.3, 0.4) is 0 Å². The predicted molar refractivity (Wildman–Crippen MR) is 77.5 cm³/mol. The lowest BCUT2D eigenvalue weighted by molar-refractivity contribution is -0.142. The van der Waals surface area contributed by atoms with Gasteiger partial charge in [-0.2, -0.15) is 0 Å². The lowest BCUT2D eigenvalue weighted by Gasteiger charge is -2.19. The third-order valence-electron chi connectivity index (χ3n) is 2.30. The molecule has 0 heterocycles. The molecular weight excluding hydrogens is 317 g/mol. The van der Waals surface area contributed by atoms with Gasteiger partial charge in [-0.25, -0.2) is 4.57 Å². The first-order chi connectivity index (χ1) is 9.92. The van der Waals surface area contributed by atoms with Gasteiger partial charge in [-0.05, 0) is 31.5 Å². The number of phenolic OH excluding ortho intramolecular Hbond substituents is 1. The second-order valence-electron chi connectivity index (χ2n) is 4.60. The van der Waals surface area contributed by atoms with Crippen molar-refractivity contribution >= 4 is 13.8 Å². The van der Waals surface area contributed by atoms with Crippen molar-refractivity contribution in [2.24, 2.45) is 5.73 Å². The fourth-order valence-corrected chi connectivity index (χ4v) is 1.79. The molecule has 0 amide bonds. The summed E-state index contributed by atoms with van der Waals surface area (Å²) in [5, 5.41) is 26.0. The number of carbonyl (C=O) groups is 1. The van der Waals surface area contributed by atoms with Crippen molar-refractivity contribution in [2.45, 2.75) is 25.8 Å². The van der Waals surface area contributed by atoms with Crippen LogP contribution in [0.15, 0.2) is 18.2 Å². The molecule has 0 spiro atoms. The zero-order valence-electron chi connectivity index (χ0n) is 12.1. The lowest BCUT2D eigenvalue weighted by atomic mass is 9.94. The summed E-state index contributed by atoms with van der Waals surface area (Å²) < 4.78 is 14.9. The van der Waals surface area contributed by atoms with Gasteiger partial charge in [0.15, 0.2) is 11.5 Å². The van der Waals surface area contributed by atoms with E-state index in [1.807, 2.05) is 0 Å². The summed E-state index contributed by atoms with van der Waals surface area (Å²) in [5.74, 6) is -2.12. The van der Waals surface area contributed by atoms with Crippen LogP contribution in [0.5, 0.6) is 11.5 Å². The molecule has 0 aliphatic carbocycles. The van der Waals surface area contributed by atoms with Crippen LogP contribution in [0.25, 0.3) is 0 Å². The van der Waals surface area contributed by atoms with E-state index in [1.54, 1.807) is 6.92 Å². The number of aliphatic hydroxyl groups is 1. The van der Waals surface area contributed by atoms with Crippen molar-refractivity contribution in [3.63, 3.8) is 0 Å². The van der Waals surface area contributed by atoms with E-state index in [2.05, 4.69) is 4.52 Å². The number of hydrogen-bond acceptors (Lipinski definition) is 6. The molecule has 1 aromatic carbocycles. The van der Waals surface area contributed by atoms with Crippen molar-refractivity contribution in [3.8, 4) is 11.5 Å². The highest BCUT2D eigenvalue weighted by Crippen LogP contribution is 2.41. The molecule has 126 valence electrons. The summed E-state index contributed by atoms with van der Waals surface area (Å²) in [6, 6.07) is 3.62. The van der Waals surface area contributed by atoms with E-state index in [0.717, 1.165) is 12.1 Å². The van der Waals surface area contributed by atoms with Gasteiger partial charge >= 0.3 is 13.8 Å². The average molecular weight is 337 g/mol. The van der Waals surface area contributed by atoms with Crippen molar-refractivity contribution in [1.82, 2.24) is 0 Å².